The van der Waals surface area contributed by atoms with Crippen molar-refractivity contribution in [3.63, 3.8) is 0 Å². The van der Waals surface area contributed by atoms with E-state index < -0.39 is 6.10 Å². The number of nitrogens with zero attached hydrogens (tertiary/aromatic N) is 3. The smallest absolute Gasteiger partial charge is 0.0847 e. The Hall–Kier alpha value is -0.580. The molecule has 0 aliphatic rings. The average Bonchev–Trinajstić information content (AvgIpc) is 2.57. The summed E-state index contributed by atoms with van der Waals surface area (Å²) >= 11 is 6.25. The molecule has 0 aliphatic heterocycles. The van der Waals surface area contributed by atoms with Crippen LogP contribution in [0.15, 0.2) is 0 Å². The minimum absolute atomic E-state index is 0.287. The fourth-order valence-electron chi connectivity index (χ4n) is 2.58. The van der Waals surface area contributed by atoms with Gasteiger partial charge in [-0.25, -0.2) is 0 Å². The van der Waals surface area contributed by atoms with E-state index in [2.05, 4.69) is 37.7 Å². The van der Waals surface area contributed by atoms with Gasteiger partial charge in [-0.15, -0.1) is 0 Å². The minimum Gasteiger partial charge on any atom is -0.391 e. The van der Waals surface area contributed by atoms with Gasteiger partial charge in [-0.3, -0.25) is 9.58 Å². The molecule has 1 atom stereocenters. The van der Waals surface area contributed by atoms with Crippen molar-refractivity contribution in [3.8, 4) is 0 Å². The monoisotopic (exact) mass is 287 g/mol. The van der Waals surface area contributed by atoms with Crippen molar-refractivity contribution >= 4 is 11.6 Å². The van der Waals surface area contributed by atoms with E-state index in [4.69, 9.17) is 11.6 Å². The summed E-state index contributed by atoms with van der Waals surface area (Å²) in [6, 6.07) is 0. The number of hydrogen-bond donors (Lipinski definition) is 1. The summed E-state index contributed by atoms with van der Waals surface area (Å²) in [7, 11) is 1.87. The number of aryl methyl sites for hydroxylation is 2. The van der Waals surface area contributed by atoms with Crippen LogP contribution >= 0.6 is 11.6 Å². The Morgan fingerprint density at radius 2 is 1.89 bits per heavy atom. The summed E-state index contributed by atoms with van der Waals surface area (Å²) in [6.07, 6.45) is 0.0272. The number of aliphatic hydroxyl groups excluding tert-OH is 1. The first kappa shape index (κ1) is 16.5. The van der Waals surface area contributed by atoms with E-state index in [1.165, 1.54) is 0 Å². The molecule has 4 nitrogen and oxygen atoms in total. The Kier molecular flexibility index (Phi) is 5.42. The standard InChI is InChI=1S/C14H26ClN3O/c1-7-18(8-2)14(4,5)12(19)9-11-13(15)10(3)16-17(11)6/h12,19H,7-9H2,1-6H3. The van der Waals surface area contributed by atoms with Gasteiger partial charge in [-0.2, -0.15) is 5.10 Å². The van der Waals surface area contributed by atoms with Crippen LogP contribution in [0.2, 0.25) is 5.02 Å². The Bertz CT molecular complexity index is 425. The summed E-state index contributed by atoms with van der Waals surface area (Å²) in [6.45, 7) is 12.1. The zero-order chi connectivity index (χ0) is 14.8. The van der Waals surface area contributed by atoms with Gasteiger partial charge < -0.3 is 5.11 Å². The maximum absolute atomic E-state index is 10.6. The van der Waals surface area contributed by atoms with E-state index in [1.54, 1.807) is 4.68 Å². The summed E-state index contributed by atoms with van der Waals surface area (Å²) < 4.78 is 1.76. The van der Waals surface area contributed by atoms with Gasteiger partial charge in [0.15, 0.2) is 0 Å². The highest BCUT2D eigenvalue weighted by Gasteiger charge is 2.33. The molecule has 0 bridgehead atoms. The van der Waals surface area contributed by atoms with Gasteiger partial charge in [0.1, 0.15) is 0 Å². The molecule has 0 amide bonds. The van der Waals surface area contributed by atoms with Crippen molar-refractivity contribution < 1.29 is 5.11 Å². The molecule has 5 heteroatoms. The number of aromatic nitrogens is 2. The SMILES string of the molecule is CCN(CC)C(C)(C)C(O)Cc1c(Cl)c(C)nn1C. The summed E-state index contributed by atoms with van der Waals surface area (Å²) in [5, 5.41) is 15.5. The molecule has 0 aliphatic carbocycles. The molecule has 0 fully saturated rings. The highest BCUT2D eigenvalue weighted by molar-refractivity contribution is 6.31. The molecule has 1 heterocycles. The van der Waals surface area contributed by atoms with Crippen molar-refractivity contribution in [1.29, 1.82) is 0 Å². The summed E-state index contributed by atoms with van der Waals surface area (Å²) in [4.78, 5) is 2.26. The Morgan fingerprint density at radius 1 is 1.37 bits per heavy atom. The predicted octanol–water partition coefficient (Wildman–Crippen LogP) is 2.41. The van der Waals surface area contributed by atoms with Crippen LogP contribution < -0.4 is 0 Å². The molecule has 0 saturated carbocycles. The van der Waals surface area contributed by atoms with Crippen molar-refractivity contribution in [1.82, 2.24) is 14.7 Å². The lowest BCUT2D eigenvalue weighted by Gasteiger charge is -2.41. The van der Waals surface area contributed by atoms with Gasteiger partial charge in [-0.05, 0) is 33.9 Å². The zero-order valence-corrected chi connectivity index (χ0v) is 13.6. The molecule has 0 saturated heterocycles. The second kappa shape index (κ2) is 6.25. The molecule has 0 radical (unpaired) electrons. The van der Waals surface area contributed by atoms with E-state index in [9.17, 15) is 5.11 Å². The lowest BCUT2D eigenvalue weighted by molar-refractivity contribution is -0.00505. The van der Waals surface area contributed by atoms with E-state index in [0.717, 1.165) is 24.5 Å². The quantitative estimate of drug-likeness (QED) is 0.873. The van der Waals surface area contributed by atoms with Crippen LogP contribution in [0.5, 0.6) is 0 Å². The van der Waals surface area contributed by atoms with Crippen LogP contribution in [0.25, 0.3) is 0 Å². The highest BCUT2D eigenvalue weighted by atomic mass is 35.5. The molecular weight excluding hydrogens is 262 g/mol. The predicted molar refractivity (Wildman–Crippen MR) is 79.7 cm³/mol. The van der Waals surface area contributed by atoms with Crippen LogP contribution in [-0.4, -0.2) is 44.5 Å². The largest absolute Gasteiger partial charge is 0.391 e. The Balaban J connectivity index is 2.92. The average molecular weight is 288 g/mol. The molecule has 1 aromatic rings. The maximum Gasteiger partial charge on any atom is 0.0847 e. The first-order valence-electron chi connectivity index (χ1n) is 6.86. The normalized spacial score (nSPS) is 14.2. The fourth-order valence-corrected chi connectivity index (χ4v) is 2.82. The van der Waals surface area contributed by atoms with Gasteiger partial charge in [0.2, 0.25) is 0 Å². The second-order valence-corrected chi connectivity index (χ2v) is 5.89. The van der Waals surface area contributed by atoms with Gasteiger partial charge in [-0.1, -0.05) is 25.4 Å². The molecular formula is C14H26ClN3O. The van der Waals surface area contributed by atoms with Crippen LogP contribution in [0.4, 0.5) is 0 Å². The van der Waals surface area contributed by atoms with Crippen LogP contribution in [0.3, 0.4) is 0 Å². The van der Waals surface area contributed by atoms with Crippen molar-refractivity contribution in [3.05, 3.63) is 16.4 Å². The molecule has 110 valence electrons. The van der Waals surface area contributed by atoms with Gasteiger partial charge >= 0.3 is 0 Å². The molecule has 0 spiro atoms. The van der Waals surface area contributed by atoms with Crippen molar-refractivity contribution in [2.45, 2.75) is 52.7 Å². The van der Waals surface area contributed by atoms with Crippen molar-refractivity contribution in [2.75, 3.05) is 13.1 Å². The van der Waals surface area contributed by atoms with Crippen molar-refractivity contribution in [2.24, 2.45) is 7.05 Å². The number of halogens is 1. The fraction of sp³-hybridized carbons (Fsp3) is 0.786. The zero-order valence-electron chi connectivity index (χ0n) is 12.9. The third-order valence-electron chi connectivity index (χ3n) is 4.04. The third-order valence-corrected chi connectivity index (χ3v) is 4.53. The van der Waals surface area contributed by atoms with Gasteiger partial charge in [0, 0.05) is 19.0 Å². The molecule has 0 aromatic carbocycles. The molecule has 1 aromatic heterocycles. The van der Waals surface area contributed by atoms with Crippen LogP contribution in [-0.2, 0) is 13.5 Å². The number of hydrogen-bond acceptors (Lipinski definition) is 3. The van der Waals surface area contributed by atoms with Crippen LogP contribution in [0, 0.1) is 6.92 Å². The maximum atomic E-state index is 10.6. The molecule has 19 heavy (non-hydrogen) atoms. The highest BCUT2D eigenvalue weighted by Crippen LogP contribution is 2.26. The molecule has 1 N–H and O–H groups in total. The first-order chi connectivity index (χ1) is 8.75. The molecule has 1 unspecified atom stereocenters. The Labute approximate surface area is 121 Å². The number of likely N-dealkylation sites (N-methyl/N-ethyl adjacent to an activating group) is 1. The van der Waals surface area contributed by atoms with E-state index in [-0.39, 0.29) is 5.54 Å². The second-order valence-electron chi connectivity index (χ2n) is 5.52. The minimum atomic E-state index is -0.486. The topological polar surface area (TPSA) is 41.3 Å². The summed E-state index contributed by atoms with van der Waals surface area (Å²) in [5.74, 6) is 0. The third kappa shape index (κ3) is 3.30. The summed E-state index contributed by atoms with van der Waals surface area (Å²) in [5.41, 5.74) is 1.42. The first-order valence-corrected chi connectivity index (χ1v) is 7.24. The van der Waals surface area contributed by atoms with E-state index in [1.807, 2.05) is 14.0 Å². The number of rotatable bonds is 6. The Morgan fingerprint density at radius 3 is 2.26 bits per heavy atom. The lowest BCUT2D eigenvalue weighted by Crippen LogP contribution is -2.53. The number of aliphatic hydroxyl groups is 1. The van der Waals surface area contributed by atoms with Gasteiger partial charge in [0.25, 0.3) is 0 Å². The van der Waals surface area contributed by atoms with Crippen LogP contribution in [0.1, 0.15) is 39.1 Å². The lowest BCUT2D eigenvalue weighted by atomic mass is 9.91. The molecule has 1 rings (SSSR count). The van der Waals surface area contributed by atoms with Gasteiger partial charge in [0.05, 0.1) is 22.5 Å². The van der Waals surface area contributed by atoms with E-state index in [0.29, 0.717) is 11.4 Å². The van der Waals surface area contributed by atoms with E-state index >= 15 is 0 Å².